The minimum absolute atomic E-state index is 0.119. The zero-order valence-corrected chi connectivity index (χ0v) is 15.6. The Morgan fingerprint density at radius 3 is 2.71 bits per heavy atom. The standard InChI is InChI=1S/C20H24N4O4/c25-16-5-4-15(18(26)23-16)24-19(27)14-3-1-2-13(17(14)20(24)28)11-22-9-7-12-6-8-21-10-12/h1-3,12,15,21-22H,4-11H2,(H,23,25,26). The lowest BCUT2D eigenvalue weighted by atomic mass is 10.0. The molecule has 1 aromatic carbocycles. The maximum Gasteiger partial charge on any atom is 0.262 e. The van der Waals surface area contributed by atoms with Gasteiger partial charge in [-0.1, -0.05) is 12.1 Å². The Kier molecular flexibility index (Phi) is 5.23. The number of hydrogen-bond donors (Lipinski definition) is 3. The molecule has 3 aliphatic heterocycles. The number of carbonyl (C=O) groups excluding carboxylic acids is 4. The molecule has 0 saturated carbocycles. The molecule has 8 heteroatoms. The van der Waals surface area contributed by atoms with Crippen LogP contribution in [0.2, 0.25) is 0 Å². The molecule has 0 radical (unpaired) electrons. The number of nitrogens with zero attached hydrogens (tertiary/aromatic N) is 1. The lowest BCUT2D eigenvalue weighted by molar-refractivity contribution is -0.136. The SMILES string of the molecule is O=C1CCC(N2C(=O)c3cccc(CNCCC4CCNC4)c3C2=O)C(=O)N1. The molecule has 0 aromatic heterocycles. The maximum atomic E-state index is 13.0. The first-order valence-corrected chi connectivity index (χ1v) is 9.81. The van der Waals surface area contributed by atoms with Gasteiger partial charge in [-0.3, -0.25) is 29.4 Å². The van der Waals surface area contributed by atoms with Gasteiger partial charge in [0.1, 0.15) is 6.04 Å². The van der Waals surface area contributed by atoms with Crippen molar-refractivity contribution in [2.45, 2.75) is 38.3 Å². The summed E-state index contributed by atoms with van der Waals surface area (Å²) in [4.78, 5) is 50.4. The van der Waals surface area contributed by atoms with E-state index in [-0.39, 0.29) is 18.7 Å². The van der Waals surface area contributed by atoms with Crippen molar-refractivity contribution in [3.63, 3.8) is 0 Å². The molecule has 3 aliphatic rings. The number of amides is 4. The van der Waals surface area contributed by atoms with Crippen molar-refractivity contribution in [1.29, 1.82) is 0 Å². The fraction of sp³-hybridized carbons (Fsp3) is 0.500. The first-order chi connectivity index (χ1) is 13.6. The molecule has 2 unspecified atom stereocenters. The van der Waals surface area contributed by atoms with Gasteiger partial charge in [0, 0.05) is 13.0 Å². The van der Waals surface area contributed by atoms with Crippen molar-refractivity contribution in [1.82, 2.24) is 20.9 Å². The van der Waals surface area contributed by atoms with E-state index in [0.29, 0.717) is 23.6 Å². The second-order valence-corrected chi connectivity index (χ2v) is 7.61. The van der Waals surface area contributed by atoms with Crippen LogP contribution in [0.1, 0.15) is 52.0 Å². The van der Waals surface area contributed by atoms with Crippen LogP contribution in [0.4, 0.5) is 0 Å². The molecule has 0 spiro atoms. The predicted molar refractivity (Wildman–Crippen MR) is 100 cm³/mol. The van der Waals surface area contributed by atoms with Gasteiger partial charge in [-0.05, 0) is 56.4 Å². The Morgan fingerprint density at radius 2 is 1.96 bits per heavy atom. The normalized spacial score (nSPS) is 24.6. The molecular weight excluding hydrogens is 360 g/mol. The number of benzene rings is 1. The molecule has 28 heavy (non-hydrogen) atoms. The van der Waals surface area contributed by atoms with Gasteiger partial charge in [0.05, 0.1) is 11.1 Å². The molecular formula is C20H24N4O4. The highest BCUT2D eigenvalue weighted by atomic mass is 16.2. The van der Waals surface area contributed by atoms with Crippen molar-refractivity contribution in [3.05, 3.63) is 34.9 Å². The van der Waals surface area contributed by atoms with Crippen molar-refractivity contribution in [2.75, 3.05) is 19.6 Å². The topological polar surface area (TPSA) is 108 Å². The number of hydrogen-bond acceptors (Lipinski definition) is 6. The average Bonchev–Trinajstić information content (AvgIpc) is 3.27. The Hall–Kier alpha value is -2.58. The quantitative estimate of drug-likeness (QED) is 0.477. The van der Waals surface area contributed by atoms with Crippen LogP contribution < -0.4 is 16.0 Å². The van der Waals surface area contributed by atoms with E-state index in [0.717, 1.165) is 36.5 Å². The van der Waals surface area contributed by atoms with Crippen LogP contribution in [0.15, 0.2) is 18.2 Å². The largest absolute Gasteiger partial charge is 0.316 e. The van der Waals surface area contributed by atoms with Gasteiger partial charge in [-0.15, -0.1) is 0 Å². The summed E-state index contributed by atoms with van der Waals surface area (Å²) in [5.74, 6) is -1.20. The van der Waals surface area contributed by atoms with Crippen LogP contribution in [0.3, 0.4) is 0 Å². The molecule has 148 valence electrons. The second kappa shape index (κ2) is 7.81. The Labute approximate surface area is 163 Å². The van der Waals surface area contributed by atoms with Crippen LogP contribution in [0, 0.1) is 5.92 Å². The second-order valence-electron chi connectivity index (χ2n) is 7.61. The summed E-state index contributed by atoms with van der Waals surface area (Å²) in [6.45, 7) is 3.46. The third-order valence-corrected chi connectivity index (χ3v) is 5.76. The summed E-state index contributed by atoms with van der Waals surface area (Å²) in [5, 5.41) is 8.93. The summed E-state index contributed by atoms with van der Waals surface area (Å²) >= 11 is 0. The Balaban J connectivity index is 1.46. The summed E-state index contributed by atoms with van der Waals surface area (Å²) in [6, 6.07) is 4.29. The summed E-state index contributed by atoms with van der Waals surface area (Å²) < 4.78 is 0. The van der Waals surface area contributed by atoms with Crippen molar-refractivity contribution in [2.24, 2.45) is 5.92 Å². The monoisotopic (exact) mass is 384 g/mol. The number of fused-ring (bicyclic) bond motifs is 1. The van der Waals surface area contributed by atoms with Crippen LogP contribution >= 0.6 is 0 Å². The number of nitrogens with one attached hydrogen (secondary N) is 3. The molecule has 0 aliphatic carbocycles. The van der Waals surface area contributed by atoms with E-state index >= 15 is 0 Å². The highest BCUT2D eigenvalue weighted by Gasteiger charge is 2.45. The van der Waals surface area contributed by atoms with Crippen LogP contribution in [-0.2, 0) is 16.1 Å². The van der Waals surface area contributed by atoms with Gasteiger partial charge >= 0.3 is 0 Å². The van der Waals surface area contributed by atoms with Crippen molar-refractivity contribution in [3.8, 4) is 0 Å². The minimum Gasteiger partial charge on any atom is -0.316 e. The zero-order valence-electron chi connectivity index (χ0n) is 15.6. The van der Waals surface area contributed by atoms with E-state index in [4.69, 9.17) is 0 Å². The molecule has 2 fully saturated rings. The molecule has 4 rings (SSSR count). The van der Waals surface area contributed by atoms with Gasteiger partial charge in [-0.2, -0.15) is 0 Å². The Morgan fingerprint density at radius 1 is 1.11 bits per heavy atom. The number of imide groups is 2. The van der Waals surface area contributed by atoms with E-state index in [1.54, 1.807) is 12.1 Å². The van der Waals surface area contributed by atoms with Gasteiger partial charge in [0.15, 0.2) is 0 Å². The van der Waals surface area contributed by atoms with Gasteiger partial charge < -0.3 is 10.6 Å². The summed E-state index contributed by atoms with van der Waals surface area (Å²) in [6.07, 6.45) is 2.54. The maximum absolute atomic E-state index is 13.0. The van der Waals surface area contributed by atoms with Crippen molar-refractivity contribution < 1.29 is 19.2 Å². The smallest absolute Gasteiger partial charge is 0.262 e. The van der Waals surface area contributed by atoms with E-state index in [2.05, 4.69) is 16.0 Å². The number of carbonyl (C=O) groups is 4. The van der Waals surface area contributed by atoms with Crippen LogP contribution in [0.5, 0.6) is 0 Å². The third kappa shape index (κ3) is 3.45. The van der Waals surface area contributed by atoms with E-state index in [1.165, 1.54) is 6.42 Å². The van der Waals surface area contributed by atoms with Gasteiger partial charge in [0.25, 0.3) is 11.8 Å². The fourth-order valence-electron chi connectivity index (χ4n) is 4.22. The molecule has 8 nitrogen and oxygen atoms in total. The van der Waals surface area contributed by atoms with E-state index in [1.807, 2.05) is 6.07 Å². The number of piperidine rings is 1. The number of rotatable bonds is 6. The highest BCUT2D eigenvalue weighted by molar-refractivity contribution is 6.24. The summed E-state index contributed by atoms with van der Waals surface area (Å²) in [5.41, 5.74) is 1.46. The lowest BCUT2D eigenvalue weighted by Gasteiger charge is -2.27. The van der Waals surface area contributed by atoms with Crippen LogP contribution in [0.25, 0.3) is 0 Å². The molecule has 4 amide bonds. The predicted octanol–water partition coefficient (Wildman–Crippen LogP) is 0.177. The average molecular weight is 384 g/mol. The Bertz CT molecular complexity index is 831. The highest BCUT2D eigenvalue weighted by Crippen LogP contribution is 2.29. The van der Waals surface area contributed by atoms with Gasteiger partial charge in [0.2, 0.25) is 11.8 Å². The molecule has 3 heterocycles. The van der Waals surface area contributed by atoms with Crippen LogP contribution in [-0.4, -0.2) is 54.2 Å². The summed E-state index contributed by atoms with van der Waals surface area (Å²) in [7, 11) is 0. The molecule has 1 aromatic rings. The molecule has 2 saturated heterocycles. The van der Waals surface area contributed by atoms with Crippen molar-refractivity contribution >= 4 is 23.6 Å². The van der Waals surface area contributed by atoms with E-state index in [9.17, 15) is 19.2 Å². The third-order valence-electron chi connectivity index (χ3n) is 5.76. The molecule has 3 N–H and O–H groups in total. The minimum atomic E-state index is -0.930. The zero-order chi connectivity index (χ0) is 19.7. The first-order valence-electron chi connectivity index (χ1n) is 9.81. The molecule has 2 atom stereocenters. The fourth-order valence-corrected chi connectivity index (χ4v) is 4.22. The van der Waals surface area contributed by atoms with Gasteiger partial charge in [-0.25, -0.2) is 0 Å². The lowest BCUT2D eigenvalue weighted by Crippen LogP contribution is -2.54. The molecule has 0 bridgehead atoms. The first kappa shape index (κ1) is 18.8. The van der Waals surface area contributed by atoms with E-state index < -0.39 is 23.8 Å².